The Bertz CT molecular complexity index is 908. The molecule has 0 saturated heterocycles. The molecule has 0 spiro atoms. The first-order valence-electron chi connectivity index (χ1n) is 8.42. The fourth-order valence-corrected chi connectivity index (χ4v) is 2.68. The number of hydrogen-bond acceptors (Lipinski definition) is 5. The fraction of sp³-hybridized carbons (Fsp3) is 0.200. The molecule has 0 saturated carbocycles. The highest BCUT2D eigenvalue weighted by Crippen LogP contribution is 2.24. The van der Waals surface area contributed by atoms with Gasteiger partial charge in [-0.25, -0.2) is 4.79 Å². The summed E-state index contributed by atoms with van der Waals surface area (Å²) >= 11 is 0. The standard InChI is InChI=1S/C20H18N2O5/c1-12(21-19(25)13-5-3-2-4-6-13)20(26)27-11-17(23)14-7-8-16-15(9-14)10-18(24)22-16/h2-9,12H,10-11H2,1H3,(H,21,25)(H,22,24)/t12-/m0/s1. The minimum Gasteiger partial charge on any atom is -0.456 e. The van der Waals surface area contributed by atoms with Crippen molar-refractivity contribution < 1.29 is 23.9 Å². The van der Waals surface area contributed by atoms with E-state index < -0.39 is 24.5 Å². The van der Waals surface area contributed by atoms with E-state index in [9.17, 15) is 19.2 Å². The molecule has 1 atom stereocenters. The monoisotopic (exact) mass is 366 g/mol. The first kappa shape index (κ1) is 18.3. The van der Waals surface area contributed by atoms with Gasteiger partial charge in [-0.3, -0.25) is 14.4 Å². The zero-order valence-electron chi connectivity index (χ0n) is 14.7. The van der Waals surface area contributed by atoms with Crippen LogP contribution in [0.5, 0.6) is 0 Å². The van der Waals surface area contributed by atoms with E-state index in [1.165, 1.54) is 6.92 Å². The van der Waals surface area contributed by atoms with Crippen molar-refractivity contribution in [2.24, 2.45) is 0 Å². The molecular formula is C20H18N2O5. The number of nitrogens with one attached hydrogen (secondary N) is 2. The van der Waals surface area contributed by atoms with Gasteiger partial charge in [-0.15, -0.1) is 0 Å². The van der Waals surface area contributed by atoms with Crippen LogP contribution in [-0.4, -0.2) is 36.2 Å². The zero-order chi connectivity index (χ0) is 19.4. The highest BCUT2D eigenvalue weighted by Gasteiger charge is 2.21. The maximum absolute atomic E-state index is 12.2. The second-order valence-corrected chi connectivity index (χ2v) is 6.19. The molecule has 1 heterocycles. The first-order chi connectivity index (χ1) is 12.9. The molecule has 0 fully saturated rings. The number of rotatable bonds is 6. The second kappa shape index (κ2) is 7.82. The molecule has 1 aliphatic rings. The van der Waals surface area contributed by atoms with Crippen molar-refractivity contribution in [2.45, 2.75) is 19.4 Å². The van der Waals surface area contributed by atoms with Crippen molar-refractivity contribution in [1.82, 2.24) is 5.32 Å². The second-order valence-electron chi connectivity index (χ2n) is 6.19. The van der Waals surface area contributed by atoms with E-state index in [0.717, 1.165) is 5.56 Å². The molecule has 0 bridgehead atoms. The minimum absolute atomic E-state index is 0.121. The van der Waals surface area contributed by atoms with Gasteiger partial charge in [0.25, 0.3) is 5.91 Å². The van der Waals surface area contributed by atoms with Gasteiger partial charge in [0.1, 0.15) is 6.04 Å². The van der Waals surface area contributed by atoms with Crippen LogP contribution in [0, 0.1) is 0 Å². The average Bonchev–Trinajstić information content (AvgIpc) is 3.05. The molecule has 1 aliphatic heterocycles. The molecule has 0 radical (unpaired) electrons. The lowest BCUT2D eigenvalue weighted by Crippen LogP contribution is -2.40. The van der Waals surface area contributed by atoms with Crippen LogP contribution in [0.3, 0.4) is 0 Å². The summed E-state index contributed by atoms with van der Waals surface area (Å²) in [5, 5.41) is 5.21. The molecular weight excluding hydrogens is 348 g/mol. The topological polar surface area (TPSA) is 102 Å². The number of amides is 2. The number of benzene rings is 2. The van der Waals surface area contributed by atoms with Gasteiger partial charge in [-0.05, 0) is 42.8 Å². The van der Waals surface area contributed by atoms with E-state index in [4.69, 9.17) is 4.74 Å². The van der Waals surface area contributed by atoms with Gasteiger partial charge < -0.3 is 15.4 Å². The van der Waals surface area contributed by atoms with Gasteiger partial charge in [0, 0.05) is 16.8 Å². The molecule has 138 valence electrons. The predicted octanol–water partition coefficient (Wildman–Crippen LogP) is 1.73. The Labute approximate surface area is 155 Å². The lowest BCUT2D eigenvalue weighted by molar-refractivity contribution is -0.144. The van der Waals surface area contributed by atoms with Crippen molar-refractivity contribution in [3.8, 4) is 0 Å². The smallest absolute Gasteiger partial charge is 0.328 e. The molecule has 3 rings (SSSR count). The molecule has 0 aliphatic carbocycles. The fourth-order valence-electron chi connectivity index (χ4n) is 2.68. The molecule has 0 aromatic heterocycles. The Morgan fingerprint density at radius 2 is 1.85 bits per heavy atom. The van der Waals surface area contributed by atoms with Crippen LogP contribution in [0.2, 0.25) is 0 Å². The normalized spacial score (nSPS) is 13.3. The summed E-state index contributed by atoms with van der Waals surface area (Å²) in [6.07, 6.45) is 0.221. The van der Waals surface area contributed by atoms with Gasteiger partial charge >= 0.3 is 5.97 Å². The number of carbonyl (C=O) groups is 4. The molecule has 2 aromatic rings. The van der Waals surface area contributed by atoms with Gasteiger partial charge in [-0.2, -0.15) is 0 Å². The third-order valence-corrected chi connectivity index (χ3v) is 4.13. The van der Waals surface area contributed by atoms with Gasteiger partial charge in [-0.1, -0.05) is 18.2 Å². The van der Waals surface area contributed by atoms with Crippen molar-refractivity contribution in [3.05, 3.63) is 65.2 Å². The SMILES string of the molecule is C[C@H](NC(=O)c1ccccc1)C(=O)OCC(=O)c1ccc2c(c1)CC(=O)N2. The van der Waals surface area contributed by atoms with E-state index in [2.05, 4.69) is 10.6 Å². The van der Waals surface area contributed by atoms with E-state index in [0.29, 0.717) is 16.8 Å². The number of ketones is 1. The largest absolute Gasteiger partial charge is 0.456 e. The van der Waals surface area contributed by atoms with E-state index in [1.807, 2.05) is 0 Å². The van der Waals surface area contributed by atoms with Crippen LogP contribution >= 0.6 is 0 Å². The number of hydrogen-bond donors (Lipinski definition) is 2. The maximum Gasteiger partial charge on any atom is 0.328 e. The number of esters is 1. The van der Waals surface area contributed by atoms with Crippen LogP contribution < -0.4 is 10.6 Å². The molecule has 0 unspecified atom stereocenters. The van der Waals surface area contributed by atoms with Crippen molar-refractivity contribution in [3.63, 3.8) is 0 Å². The Balaban J connectivity index is 1.52. The van der Waals surface area contributed by atoms with Crippen molar-refractivity contribution in [1.29, 1.82) is 0 Å². The van der Waals surface area contributed by atoms with Gasteiger partial charge in [0.2, 0.25) is 5.91 Å². The van der Waals surface area contributed by atoms with Crippen LogP contribution in [0.25, 0.3) is 0 Å². The van der Waals surface area contributed by atoms with E-state index in [1.54, 1.807) is 48.5 Å². The predicted molar refractivity (Wildman–Crippen MR) is 97.4 cm³/mol. The number of carbonyl (C=O) groups excluding carboxylic acids is 4. The number of fused-ring (bicyclic) bond motifs is 1. The van der Waals surface area contributed by atoms with Crippen molar-refractivity contribution >= 4 is 29.3 Å². The molecule has 27 heavy (non-hydrogen) atoms. The highest BCUT2D eigenvalue weighted by molar-refractivity contribution is 6.03. The summed E-state index contributed by atoms with van der Waals surface area (Å²) < 4.78 is 5.01. The summed E-state index contributed by atoms with van der Waals surface area (Å²) in [6.45, 7) is 1.05. The molecule has 7 heteroatoms. The van der Waals surface area contributed by atoms with Crippen LogP contribution in [-0.2, 0) is 20.7 Å². The number of ether oxygens (including phenoxy) is 1. The number of Topliss-reactive ketones (excluding diaryl/α,β-unsaturated/α-hetero) is 1. The lowest BCUT2D eigenvalue weighted by Gasteiger charge is -2.13. The summed E-state index contributed by atoms with van der Waals surface area (Å²) in [4.78, 5) is 47.7. The highest BCUT2D eigenvalue weighted by atomic mass is 16.5. The molecule has 2 amide bonds. The minimum atomic E-state index is -0.896. The summed E-state index contributed by atoms with van der Waals surface area (Å²) in [7, 11) is 0. The third kappa shape index (κ3) is 4.38. The summed E-state index contributed by atoms with van der Waals surface area (Å²) in [5.41, 5.74) is 2.21. The Kier molecular flexibility index (Phi) is 5.30. The Morgan fingerprint density at radius 3 is 2.59 bits per heavy atom. The zero-order valence-corrected chi connectivity index (χ0v) is 14.7. The Hall–Kier alpha value is -3.48. The van der Waals surface area contributed by atoms with E-state index in [-0.39, 0.29) is 18.1 Å². The number of anilines is 1. The molecule has 7 nitrogen and oxygen atoms in total. The van der Waals surface area contributed by atoms with E-state index >= 15 is 0 Å². The van der Waals surface area contributed by atoms with Crippen LogP contribution in [0.15, 0.2) is 48.5 Å². The van der Waals surface area contributed by atoms with Crippen molar-refractivity contribution in [2.75, 3.05) is 11.9 Å². The average molecular weight is 366 g/mol. The van der Waals surface area contributed by atoms with Crippen LogP contribution in [0.4, 0.5) is 5.69 Å². The Morgan fingerprint density at radius 1 is 1.11 bits per heavy atom. The lowest BCUT2D eigenvalue weighted by atomic mass is 10.1. The summed E-state index contributed by atoms with van der Waals surface area (Å²) in [6, 6.07) is 12.4. The van der Waals surface area contributed by atoms with Gasteiger partial charge in [0.15, 0.2) is 12.4 Å². The first-order valence-corrected chi connectivity index (χ1v) is 8.42. The quantitative estimate of drug-likeness (QED) is 0.599. The summed E-state index contributed by atoms with van der Waals surface area (Å²) in [5.74, 6) is -1.61. The van der Waals surface area contributed by atoms with Crippen LogP contribution in [0.1, 0.15) is 33.2 Å². The van der Waals surface area contributed by atoms with Gasteiger partial charge in [0.05, 0.1) is 6.42 Å². The molecule has 2 N–H and O–H groups in total. The maximum atomic E-state index is 12.2. The third-order valence-electron chi connectivity index (χ3n) is 4.13. The molecule has 2 aromatic carbocycles.